The number of Topliss-reactive ketones (excluding diaryl/α,β-unsaturated/α-hetero) is 1. The summed E-state index contributed by atoms with van der Waals surface area (Å²) < 4.78 is 0. The molecule has 0 aromatic heterocycles. The molecule has 0 radical (unpaired) electrons. The Balaban J connectivity index is 0.000000684. The average Bonchev–Trinajstić information content (AvgIpc) is 2.60. The average molecular weight is 395 g/mol. The van der Waals surface area contributed by atoms with Crippen molar-refractivity contribution in [2.45, 2.75) is 12.8 Å². The lowest BCUT2D eigenvalue weighted by Crippen LogP contribution is -2.17. The summed E-state index contributed by atoms with van der Waals surface area (Å²) in [5.41, 5.74) is 0.430. The van der Waals surface area contributed by atoms with Crippen molar-refractivity contribution < 1.29 is 49.2 Å². The standard InChI is InChI=1S/C13H13NO5.C4H4O5/c15-12(16)9-11(13(17)18)14-19-8-4-7-10-5-2-1-3-6-10;5-2(4(8)9)1-3(6)7/h1-7H,8-9H2,(H,15,16)(H,17,18);1H2,(H,6,7)(H,8,9)/b7-4+,14-11+;. The number of hydrogen-bond acceptors (Lipinski definition) is 7. The number of carbonyl (C=O) groups is 5. The molecule has 28 heavy (non-hydrogen) atoms. The summed E-state index contributed by atoms with van der Waals surface area (Å²) in [5, 5.41) is 36.1. The van der Waals surface area contributed by atoms with Crippen LogP contribution in [0.2, 0.25) is 0 Å². The van der Waals surface area contributed by atoms with Crippen LogP contribution in [0.4, 0.5) is 0 Å². The van der Waals surface area contributed by atoms with E-state index in [1.165, 1.54) is 0 Å². The van der Waals surface area contributed by atoms with Crippen LogP contribution < -0.4 is 0 Å². The lowest BCUT2D eigenvalue weighted by Gasteiger charge is -1.98. The van der Waals surface area contributed by atoms with E-state index in [1.807, 2.05) is 30.3 Å². The third-order valence-electron chi connectivity index (χ3n) is 2.57. The molecule has 0 atom stereocenters. The van der Waals surface area contributed by atoms with E-state index in [0.717, 1.165) is 5.56 Å². The van der Waals surface area contributed by atoms with Crippen molar-refractivity contribution >= 4 is 41.4 Å². The molecule has 150 valence electrons. The fourth-order valence-corrected chi connectivity index (χ4v) is 1.41. The molecule has 0 saturated carbocycles. The van der Waals surface area contributed by atoms with E-state index >= 15 is 0 Å². The third kappa shape index (κ3) is 12.4. The van der Waals surface area contributed by atoms with Crippen molar-refractivity contribution in [1.29, 1.82) is 0 Å². The first-order valence-corrected chi connectivity index (χ1v) is 7.47. The Bertz CT molecular complexity index is 767. The number of oxime groups is 1. The highest BCUT2D eigenvalue weighted by Gasteiger charge is 2.15. The molecule has 0 unspecified atom stereocenters. The summed E-state index contributed by atoms with van der Waals surface area (Å²) in [7, 11) is 0. The first-order valence-electron chi connectivity index (χ1n) is 7.47. The van der Waals surface area contributed by atoms with Crippen molar-refractivity contribution in [3.05, 3.63) is 42.0 Å². The van der Waals surface area contributed by atoms with Crippen molar-refractivity contribution in [2.24, 2.45) is 5.16 Å². The summed E-state index contributed by atoms with van der Waals surface area (Å²) in [5.74, 6) is -7.12. The van der Waals surface area contributed by atoms with Crippen LogP contribution in [-0.2, 0) is 28.8 Å². The Labute approximate surface area is 158 Å². The number of nitrogens with zero attached hydrogens (tertiary/aromatic N) is 1. The van der Waals surface area contributed by atoms with Gasteiger partial charge in [0.1, 0.15) is 13.0 Å². The monoisotopic (exact) mass is 395 g/mol. The molecule has 1 rings (SSSR count). The minimum absolute atomic E-state index is 0.0608. The molecule has 0 saturated heterocycles. The molecular formula is C17H17NO10. The fourth-order valence-electron chi connectivity index (χ4n) is 1.41. The number of ketones is 1. The molecule has 0 bridgehead atoms. The molecule has 1 aromatic carbocycles. The van der Waals surface area contributed by atoms with Gasteiger partial charge < -0.3 is 25.3 Å². The van der Waals surface area contributed by atoms with Crippen LogP contribution in [0.5, 0.6) is 0 Å². The van der Waals surface area contributed by atoms with E-state index in [9.17, 15) is 24.0 Å². The number of hydrogen-bond donors (Lipinski definition) is 4. The zero-order valence-electron chi connectivity index (χ0n) is 14.3. The van der Waals surface area contributed by atoms with E-state index in [-0.39, 0.29) is 6.61 Å². The number of rotatable bonds is 10. The van der Waals surface area contributed by atoms with Gasteiger partial charge in [-0.3, -0.25) is 14.4 Å². The van der Waals surface area contributed by atoms with Crippen LogP contribution in [0, 0.1) is 0 Å². The zero-order chi connectivity index (χ0) is 21.5. The normalized spacial score (nSPS) is 10.5. The van der Waals surface area contributed by atoms with E-state index < -0.39 is 48.2 Å². The SMILES string of the molecule is O=C(O)C/C(=N\OC/C=C/c1ccccc1)C(=O)O.O=C(O)CC(=O)C(=O)O. The topological polar surface area (TPSA) is 188 Å². The predicted octanol–water partition coefficient (Wildman–Crippen LogP) is 0.746. The quantitative estimate of drug-likeness (QED) is 0.145. The highest BCUT2D eigenvalue weighted by molar-refractivity contribution is 6.38. The Morgan fingerprint density at radius 2 is 1.43 bits per heavy atom. The minimum atomic E-state index is -1.71. The molecule has 0 amide bonds. The molecule has 0 fully saturated rings. The van der Waals surface area contributed by atoms with Gasteiger partial charge in [-0.05, 0) is 11.6 Å². The lowest BCUT2D eigenvalue weighted by atomic mass is 10.2. The van der Waals surface area contributed by atoms with Gasteiger partial charge in [-0.25, -0.2) is 9.59 Å². The molecule has 11 nitrogen and oxygen atoms in total. The molecule has 4 N–H and O–H groups in total. The first kappa shape index (κ1) is 24.0. The van der Waals surface area contributed by atoms with Crippen LogP contribution in [-0.4, -0.2) is 62.4 Å². The van der Waals surface area contributed by atoms with Gasteiger partial charge in [0.05, 0.1) is 6.42 Å². The summed E-state index contributed by atoms with van der Waals surface area (Å²) in [4.78, 5) is 55.0. The van der Waals surface area contributed by atoms with Gasteiger partial charge in [0, 0.05) is 0 Å². The lowest BCUT2D eigenvalue weighted by molar-refractivity contribution is -0.152. The van der Waals surface area contributed by atoms with Gasteiger partial charge >= 0.3 is 23.9 Å². The van der Waals surface area contributed by atoms with E-state index in [2.05, 4.69) is 5.16 Å². The van der Waals surface area contributed by atoms with Crippen LogP contribution in [0.15, 0.2) is 41.6 Å². The van der Waals surface area contributed by atoms with Gasteiger partial charge in [-0.2, -0.15) is 0 Å². The second kappa shape index (κ2) is 13.2. The molecule has 0 aliphatic carbocycles. The van der Waals surface area contributed by atoms with Gasteiger partial charge in [0.15, 0.2) is 5.71 Å². The maximum Gasteiger partial charge on any atom is 0.372 e. The van der Waals surface area contributed by atoms with Crippen LogP contribution in [0.25, 0.3) is 6.08 Å². The second-order valence-corrected chi connectivity index (χ2v) is 4.82. The van der Waals surface area contributed by atoms with Gasteiger partial charge in [0.25, 0.3) is 5.78 Å². The van der Waals surface area contributed by atoms with Crippen LogP contribution >= 0.6 is 0 Å². The number of carboxylic acids is 4. The zero-order valence-corrected chi connectivity index (χ0v) is 14.3. The highest BCUT2D eigenvalue weighted by atomic mass is 16.6. The predicted molar refractivity (Wildman–Crippen MR) is 93.6 cm³/mol. The molecule has 0 spiro atoms. The molecular weight excluding hydrogens is 378 g/mol. The van der Waals surface area contributed by atoms with Gasteiger partial charge in [-0.15, -0.1) is 0 Å². The largest absolute Gasteiger partial charge is 0.481 e. The Hall–Kier alpha value is -4.02. The summed E-state index contributed by atoms with van der Waals surface area (Å²) in [6, 6.07) is 9.45. The Morgan fingerprint density at radius 1 is 0.857 bits per heavy atom. The summed E-state index contributed by atoms with van der Waals surface area (Å²) in [6.07, 6.45) is 1.80. The van der Waals surface area contributed by atoms with E-state index in [0.29, 0.717) is 0 Å². The molecule has 0 heterocycles. The summed E-state index contributed by atoms with van der Waals surface area (Å²) in [6.45, 7) is 0.0608. The van der Waals surface area contributed by atoms with E-state index in [1.54, 1.807) is 12.2 Å². The molecule has 0 aliphatic rings. The van der Waals surface area contributed by atoms with Crippen molar-refractivity contribution in [1.82, 2.24) is 0 Å². The van der Waals surface area contributed by atoms with Crippen LogP contribution in [0.3, 0.4) is 0 Å². The third-order valence-corrected chi connectivity index (χ3v) is 2.57. The van der Waals surface area contributed by atoms with Crippen molar-refractivity contribution in [2.75, 3.05) is 6.61 Å². The molecule has 0 aliphatic heterocycles. The second-order valence-electron chi connectivity index (χ2n) is 4.82. The van der Waals surface area contributed by atoms with Gasteiger partial charge in [-0.1, -0.05) is 41.6 Å². The Morgan fingerprint density at radius 3 is 1.86 bits per heavy atom. The van der Waals surface area contributed by atoms with E-state index in [4.69, 9.17) is 25.3 Å². The number of carbonyl (C=O) groups excluding carboxylic acids is 1. The van der Waals surface area contributed by atoms with Gasteiger partial charge in [0.2, 0.25) is 0 Å². The molecule has 1 aromatic rings. The highest BCUT2D eigenvalue weighted by Crippen LogP contribution is 2.00. The minimum Gasteiger partial charge on any atom is -0.481 e. The number of benzene rings is 1. The fraction of sp³-hybridized carbons (Fsp3) is 0.176. The molecule has 11 heteroatoms. The van der Waals surface area contributed by atoms with Crippen molar-refractivity contribution in [3.8, 4) is 0 Å². The summed E-state index contributed by atoms with van der Waals surface area (Å²) >= 11 is 0. The first-order chi connectivity index (χ1) is 13.1. The smallest absolute Gasteiger partial charge is 0.372 e. The maximum atomic E-state index is 10.6. The van der Waals surface area contributed by atoms with Crippen molar-refractivity contribution in [3.63, 3.8) is 0 Å². The Kier molecular flexibility index (Phi) is 11.3. The number of aliphatic carboxylic acids is 4. The van der Waals surface area contributed by atoms with Crippen LogP contribution in [0.1, 0.15) is 18.4 Å². The number of carboxylic acid groups (broad SMARTS) is 4. The maximum absolute atomic E-state index is 10.6.